The van der Waals surface area contributed by atoms with Gasteiger partial charge in [-0.05, 0) is 36.4 Å². The summed E-state index contributed by atoms with van der Waals surface area (Å²) >= 11 is 3.44. The first-order chi connectivity index (χ1) is 10.6. The van der Waals surface area contributed by atoms with Crippen LogP contribution in [0.5, 0.6) is 5.75 Å². The zero-order valence-electron chi connectivity index (χ0n) is 11.5. The number of aromatic nitrogens is 2. The Bertz CT molecular complexity index is 852. The van der Waals surface area contributed by atoms with Gasteiger partial charge in [-0.2, -0.15) is 0 Å². The minimum Gasteiger partial charge on any atom is -0.487 e. The number of hydrogen-bond donors (Lipinski definition) is 1. The van der Waals surface area contributed by atoms with Gasteiger partial charge in [-0.3, -0.25) is 14.8 Å². The standard InChI is InChI=1S/C16H12BrN3O2/c17-10-7-13-11(3-1-5-19-13)15(8-10)22-9-14-12(16(18)21)4-2-6-20-14/h1-8H,9H2,(H2,18,21). The van der Waals surface area contributed by atoms with Crippen molar-refractivity contribution in [3.63, 3.8) is 0 Å². The molecule has 22 heavy (non-hydrogen) atoms. The van der Waals surface area contributed by atoms with Gasteiger partial charge in [0.2, 0.25) is 0 Å². The van der Waals surface area contributed by atoms with Crippen LogP contribution in [-0.4, -0.2) is 15.9 Å². The second-order valence-electron chi connectivity index (χ2n) is 4.62. The van der Waals surface area contributed by atoms with Crippen molar-refractivity contribution >= 4 is 32.7 Å². The van der Waals surface area contributed by atoms with Gasteiger partial charge in [0.25, 0.3) is 5.91 Å². The van der Waals surface area contributed by atoms with Crippen molar-refractivity contribution in [3.8, 4) is 5.75 Å². The Hall–Kier alpha value is -2.47. The molecule has 0 atom stereocenters. The van der Waals surface area contributed by atoms with E-state index in [0.29, 0.717) is 17.0 Å². The largest absolute Gasteiger partial charge is 0.487 e. The number of rotatable bonds is 4. The number of halogens is 1. The second kappa shape index (κ2) is 6.11. The zero-order chi connectivity index (χ0) is 15.5. The van der Waals surface area contributed by atoms with Crippen LogP contribution in [0.1, 0.15) is 16.1 Å². The van der Waals surface area contributed by atoms with Crippen molar-refractivity contribution in [2.24, 2.45) is 5.73 Å². The lowest BCUT2D eigenvalue weighted by molar-refractivity contribution is 0.0997. The SMILES string of the molecule is NC(=O)c1cccnc1COc1cc(Br)cc2ncccc12. The molecule has 5 nitrogen and oxygen atoms in total. The molecule has 0 aliphatic rings. The summed E-state index contributed by atoms with van der Waals surface area (Å²) in [6, 6.07) is 10.8. The second-order valence-corrected chi connectivity index (χ2v) is 5.54. The Morgan fingerprint density at radius 2 is 1.95 bits per heavy atom. The summed E-state index contributed by atoms with van der Waals surface area (Å²) in [6.07, 6.45) is 3.33. The van der Waals surface area contributed by atoms with Crippen LogP contribution in [0.15, 0.2) is 53.3 Å². The summed E-state index contributed by atoms with van der Waals surface area (Å²) in [5.74, 6) is 0.144. The molecule has 0 unspecified atom stereocenters. The van der Waals surface area contributed by atoms with E-state index in [2.05, 4.69) is 25.9 Å². The number of ether oxygens (including phenoxy) is 1. The Balaban J connectivity index is 1.93. The van der Waals surface area contributed by atoms with Crippen molar-refractivity contribution in [3.05, 3.63) is 64.5 Å². The summed E-state index contributed by atoms with van der Waals surface area (Å²) in [7, 11) is 0. The van der Waals surface area contributed by atoms with Gasteiger partial charge in [0.05, 0.1) is 16.8 Å². The van der Waals surface area contributed by atoms with Crippen LogP contribution in [0.25, 0.3) is 10.9 Å². The first-order valence-corrected chi connectivity index (χ1v) is 7.35. The number of benzene rings is 1. The van der Waals surface area contributed by atoms with E-state index in [9.17, 15) is 4.79 Å². The van der Waals surface area contributed by atoms with E-state index in [-0.39, 0.29) is 6.61 Å². The fourth-order valence-electron chi connectivity index (χ4n) is 2.16. The van der Waals surface area contributed by atoms with Crippen LogP contribution in [0.3, 0.4) is 0 Å². The van der Waals surface area contributed by atoms with Crippen molar-refractivity contribution in [2.75, 3.05) is 0 Å². The zero-order valence-corrected chi connectivity index (χ0v) is 13.1. The normalized spacial score (nSPS) is 10.6. The summed E-state index contributed by atoms with van der Waals surface area (Å²) in [5, 5.41) is 0.891. The number of hydrogen-bond acceptors (Lipinski definition) is 4. The number of nitrogens with zero attached hydrogens (tertiary/aromatic N) is 2. The highest BCUT2D eigenvalue weighted by molar-refractivity contribution is 9.10. The van der Waals surface area contributed by atoms with Crippen molar-refractivity contribution in [1.82, 2.24) is 9.97 Å². The molecule has 0 bridgehead atoms. The molecule has 0 aliphatic carbocycles. The topological polar surface area (TPSA) is 78.1 Å². The lowest BCUT2D eigenvalue weighted by Crippen LogP contribution is -2.15. The highest BCUT2D eigenvalue weighted by Crippen LogP contribution is 2.29. The molecule has 1 aromatic carbocycles. The van der Waals surface area contributed by atoms with Gasteiger partial charge in [0.1, 0.15) is 12.4 Å². The molecule has 0 fully saturated rings. The summed E-state index contributed by atoms with van der Waals surface area (Å²) in [5.41, 5.74) is 7.04. The maximum Gasteiger partial charge on any atom is 0.250 e. The predicted molar refractivity (Wildman–Crippen MR) is 86.5 cm³/mol. The molecule has 110 valence electrons. The number of amides is 1. The van der Waals surface area contributed by atoms with Crippen LogP contribution >= 0.6 is 15.9 Å². The molecule has 2 aromatic heterocycles. The molecule has 6 heteroatoms. The van der Waals surface area contributed by atoms with Gasteiger partial charge in [0.15, 0.2) is 0 Å². The Kier molecular flexibility index (Phi) is 4.02. The number of fused-ring (bicyclic) bond motifs is 1. The molecule has 2 heterocycles. The van der Waals surface area contributed by atoms with Crippen LogP contribution in [-0.2, 0) is 6.61 Å². The minimum atomic E-state index is -0.521. The Morgan fingerprint density at radius 1 is 1.18 bits per heavy atom. The van der Waals surface area contributed by atoms with Gasteiger partial charge >= 0.3 is 0 Å². The number of carbonyl (C=O) groups is 1. The Labute approximate surface area is 135 Å². The number of primary amides is 1. The van der Waals surface area contributed by atoms with Gasteiger partial charge in [0, 0.05) is 22.3 Å². The fourth-order valence-corrected chi connectivity index (χ4v) is 2.58. The van der Waals surface area contributed by atoms with E-state index in [1.54, 1.807) is 24.5 Å². The first-order valence-electron chi connectivity index (χ1n) is 6.56. The maximum atomic E-state index is 11.4. The van der Waals surface area contributed by atoms with E-state index in [0.717, 1.165) is 15.4 Å². The molecule has 0 saturated carbocycles. The molecule has 0 saturated heterocycles. The van der Waals surface area contributed by atoms with Gasteiger partial charge < -0.3 is 10.5 Å². The van der Waals surface area contributed by atoms with Gasteiger partial charge in [-0.15, -0.1) is 0 Å². The third-order valence-electron chi connectivity index (χ3n) is 3.17. The van der Waals surface area contributed by atoms with Gasteiger partial charge in [-0.1, -0.05) is 15.9 Å². The first kappa shape index (κ1) is 14.5. The predicted octanol–water partition coefficient (Wildman–Crippen LogP) is 3.07. The van der Waals surface area contributed by atoms with E-state index >= 15 is 0 Å². The number of carbonyl (C=O) groups excluding carboxylic acids is 1. The van der Waals surface area contributed by atoms with Crippen molar-refractivity contribution in [2.45, 2.75) is 6.61 Å². The molecule has 1 amide bonds. The quantitative estimate of drug-likeness (QED) is 0.778. The minimum absolute atomic E-state index is 0.152. The highest BCUT2D eigenvalue weighted by atomic mass is 79.9. The summed E-state index contributed by atoms with van der Waals surface area (Å²) < 4.78 is 6.70. The van der Waals surface area contributed by atoms with Gasteiger partial charge in [-0.25, -0.2) is 0 Å². The third kappa shape index (κ3) is 2.92. The lowest BCUT2D eigenvalue weighted by atomic mass is 10.2. The third-order valence-corrected chi connectivity index (χ3v) is 3.63. The van der Waals surface area contributed by atoms with Crippen LogP contribution in [0.4, 0.5) is 0 Å². The lowest BCUT2D eigenvalue weighted by Gasteiger charge is -2.11. The molecule has 3 aromatic rings. The van der Waals surface area contributed by atoms with E-state index in [1.165, 1.54) is 0 Å². The van der Waals surface area contributed by atoms with Crippen molar-refractivity contribution < 1.29 is 9.53 Å². The van der Waals surface area contributed by atoms with E-state index in [1.807, 2.05) is 24.3 Å². The van der Waals surface area contributed by atoms with E-state index < -0.39 is 5.91 Å². The maximum absolute atomic E-state index is 11.4. The summed E-state index contributed by atoms with van der Waals surface area (Å²) in [4.78, 5) is 19.9. The van der Waals surface area contributed by atoms with Crippen molar-refractivity contribution in [1.29, 1.82) is 0 Å². The van der Waals surface area contributed by atoms with Crippen LogP contribution in [0, 0.1) is 0 Å². The monoisotopic (exact) mass is 357 g/mol. The Morgan fingerprint density at radius 3 is 2.77 bits per heavy atom. The summed E-state index contributed by atoms with van der Waals surface area (Å²) in [6.45, 7) is 0.152. The number of pyridine rings is 2. The number of nitrogens with two attached hydrogens (primary N) is 1. The molecule has 3 rings (SSSR count). The molecule has 2 N–H and O–H groups in total. The molecule has 0 spiro atoms. The van der Waals surface area contributed by atoms with E-state index in [4.69, 9.17) is 10.5 Å². The van der Waals surface area contributed by atoms with Crippen LogP contribution < -0.4 is 10.5 Å². The molecule has 0 aliphatic heterocycles. The average Bonchev–Trinajstić information content (AvgIpc) is 2.52. The van der Waals surface area contributed by atoms with Crippen LogP contribution in [0.2, 0.25) is 0 Å². The smallest absolute Gasteiger partial charge is 0.250 e. The molecule has 0 radical (unpaired) electrons. The highest BCUT2D eigenvalue weighted by Gasteiger charge is 2.11. The molecular weight excluding hydrogens is 346 g/mol. The average molecular weight is 358 g/mol. The fraction of sp³-hybridized carbons (Fsp3) is 0.0625. The molecular formula is C16H12BrN3O2.